The lowest BCUT2D eigenvalue weighted by atomic mass is 9.90. The number of ether oxygens (including phenoxy) is 2. The molecule has 2 aromatic carbocycles. The fourth-order valence-corrected chi connectivity index (χ4v) is 4.16. The van der Waals surface area contributed by atoms with E-state index in [1.54, 1.807) is 6.20 Å². The zero-order chi connectivity index (χ0) is 20.8. The first kappa shape index (κ1) is 19.2. The number of methoxy groups -OCH3 is 1. The number of para-hydroxylation sites is 1. The molecule has 5 nitrogen and oxygen atoms in total. The second kappa shape index (κ2) is 6.76. The second-order valence-electron chi connectivity index (χ2n) is 8.54. The molecule has 2 atom stereocenters. The Morgan fingerprint density at radius 3 is 2.34 bits per heavy atom. The van der Waals surface area contributed by atoms with Crippen LogP contribution in [0.3, 0.4) is 0 Å². The number of esters is 1. The van der Waals surface area contributed by atoms with Crippen LogP contribution in [0, 0.1) is 0 Å². The summed E-state index contributed by atoms with van der Waals surface area (Å²) in [5, 5.41) is 0.863. The van der Waals surface area contributed by atoms with Crippen LogP contribution in [-0.4, -0.2) is 29.3 Å². The average Bonchev–Trinajstić information content (AvgIpc) is 3.33. The van der Waals surface area contributed by atoms with Gasteiger partial charge in [0.05, 0.1) is 12.6 Å². The molecule has 0 unspecified atom stereocenters. The molecular weight excluding hydrogens is 366 g/mol. The van der Waals surface area contributed by atoms with Gasteiger partial charge in [0.2, 0.25) is 0 Å². The van der Waals surface area contributed by atoms with E-state index in [1.807, 2.05) is 75.4 Å². The Balaban J connectivity index is 1.86. The zero-order valence-electron chi connectivity index (χ0n) is 17.1. The van der Waals surface area contributed by atoms with Gasteiger partial charge in [-0.1, -0.05) is 48.5 Å². The van der Waals surface area contributed by atoms with Crippen molar-refractivity contribution in [2.75, 3.05) is 7.11 Å². The molecule has 1 aliphatic carbocycles. The van der Waals surface area contributed by atoms with Gasteiger partial charge in [-0.2, -0.15) is 0 Å². The van der Waals surface area contributed by atoms with Gasteiger partial charge in [0.1, 0.15) is 11.0 Å². The minimum Gasteiger partial charge on any atom is -0.468 e. The van der Waals surface area contributed by atoms with Crippen molar-refractivity contribution in [1.29, 1.82) is 0 Å². The highest BCUT2D eigenvalue weighted by molar-refractivity contribution is 5.99. The van der Waals surface area contributed by atoms with Gasteiger partial charge in [-0.3, -0.25) is 9.36 Å². The SMILES string of the molecule is COC(=O)[C@]1(c2cn(C(=O)OC(C)(C)C)c3ccccc23)C[C@H]1c1ccccc1. The predicted molar refractivity (Wildman–Crippen MR) is 111 cm³/mol. The highest BCUT2D eigenvalue weighted by Crippen LogP contribution is 2.62. The zero-order valence-corrected chi connectivity index (χ0v) is 17.1. The number of nitrogens with zero attached hydrogens (tertiary/aromatic N) is 1. The molecule has 4 rings (SSSR count). The van der Waals surface area contributed by atoms with Crippen LogP contribution < -0.4 is 0 Å². The highest BCUT2D eigenvalue weighted by Gasteiger charge is 2.63. The van der Waals surface area contributed by atoms with Crippen LogP contribution >= 0.6 is 0 Å². The fourth-order valence-electron chi connectivity index (χ4n) is 4.16. The van der Waals surface area contributed by atoms with Crippen molar-refractivity contribution < 1.29 is 19.1 Å². The number of hydrogen-bond donors (Lipinski definition) is 0. The van der Waals surface area contributed by atoms with Gasteiger partial charge in [0.15, 0.2) is 0 Å². The number of hydrogen-bond acceptors (Lipinski definition) is 4. The topological polar surface area (TPSA) is 57.5 Å². The lowest BCUT2D eigenvalue weighted by Crippen LogP contribution is -2.27. The molecule has 0 bridgehead atoms. The van der Waals surface area contributed by atoms with Gasteiger partial charge in [0.25, 0.3) is 0 Å². The quantitative estimate of drug-likeness (QED) is 0.588. The van der Waals surface area contributed by atoms with Gasteiger partial charge >= 0.3 is 12.1 Å². The molecule has 0 N–H and O–H groups in total. The van der Waals surface area contributed by atoms with Crippen LogP contribution in [0.2, 0.25) is 0 Å². The molecule has 1 heterocycles. The van der Waals surface area contributed by atoms with E-state index in [9.17, 15) is 9.59 Å². The molecule has 1 fully saturated rings. The minimum absolute atomic E-state index is 0.00837. The number of benzene rings is 2. The van der Waals surface area contributed by atoms with Gasteiger partial charge in [-0.25, -0.2) is 4.79 Å². The van der Waals surface area contributed by atoms with Crippen molar-refractivity contribution in [3.05, 3.63) is 71.9 Å². The Hall–Kier alpha value is -3.08. The van der Waals surface area contributed by atoms with Crippen LogP contribution in [0.25, 0.3) is 10.9 Å². The summed E-state index contributed by atoms with van der Waals surface area (Å²) >= 11 is 0. The lowest BCUT2D eigenvalue weighted by molar-refractivity contribution is -0.143. The molecule has 1 aliphatic rings. The maximum absolute atomic E-state index is 13.0. The molecule has 0 saturated heterocycles. The van der Waals surface area contributed by atoms with E-state index in [1.165, 1.54) is 11.7 Å². The smallest absolute Gasteiger partial charge is 0.419 e. The molecule has 5 heteroatoms. The third-order valence-corrected chi connectivity index (χ3v) is 5.50. The second-order valence-corrected chi connectivity index (χ2v) is 8.54. The first-order chi connectivity index (χ1) is 13.8. The molecule has 29 heavy (non-hydrogen) atoms. The average molecular weight is 391 g/mol. The van der Waals surface area contributed by atoms with Crippen LogP contribution in [0.4, 0.5) is 4.79 Å². The van der Waals surface area contributed by atoms with Crippen molar-refractivity contribution in [3.63, 3.8) is 0 Å². The van der Waals surface area contributed by atoms with Crippen molar-refractivity contribution in [2.24, 2.45) is 0 Å². The van der Waals surface area contributed by atoms with E-state index in [4.69, 9.17) is 9.47 Å². The molecule has 3 aromatic rings. The number of carbonyl (C=O) groups excluding carboxylic acids is 2. The van der Waals surface area contributed by atoms with Crippen LogP contribution in [0.5, 0.6) is 0 Å². The molecule has 1 aromatic heterocycles. The van der Waals surface area contributed by atoms with E-state index in [2.05, 4.69) is 0 Å². The predicted octanol–water partition coefficient (Wildman–Crippen LogP) is 5.02. The van der Waals surface area contributed by atoms with E-state index >= 15 is 0 Å². The Morgan fingerprint density at radius 1 is 1.03 bits per heavy atom. The summed E-state index contributed by atoms with van der Waals surface area (Å²) in [6.45, 7) is 5.50. The van der Waals surface area contributed by atoms with Gasteiger partial charge in [-0.05, 0) is 44.4 Å². The number of carbonyl (C=O) groups is 2. The van der Waals surface area contributed by atoms with Crippen molar-refractivity contribution in [1.82, 2.24) is 4.57 Å². The molecule has 0 amide bonds. The summed E-state index contributed by atoms with van der Waals surface area (Å²) in [6, 6.07) is 17.6. The Bertz CT molecular complexity index is 1080. The van der Waals surface area contributed by atoms with Gasteiger partial charge < -0.3 is 9.47 Å². The third-order valence-electron chi connectivity index (χ3n) is 5.50. The number of fused-ring (bicyclic) bond motifs is 1. The normalized spacial score (nSPS) is 21.0. The molecular formula is C24H25NO4. The standard InChI is InChI=1S/C24H25NO4/c1-23(2,3)29-22(27)25-15-19(17-12-8-9-13-20(17)25)24(21(26)28-4)14-18(24)16-10-6-5-7-11-16/h5-13,15,18H,14H2,1-4H3/t18-,24+/m0/s1. The van der Waals surface area contributed by atoms with E-state index < -0.39 is 17.1 Å². The first-order valence-electron chi connectivity index (χ1n) is 9.75. The monoisotopic (exact) mass is 391 g/mol. The maximum Gasteiger partial charge on any atom is 0.419 e. The summed E-state index contributed by atoms with van der Waals surface area (Å²) in [4.78, 5) is 25.8. The van der Waals surface area contributed by atoms with Crippen molar-refractivity contribution in [2.45, 2.75) is 44.1 Å². The third kappa shape index (κ3) is 3.20. The summed E-state index contributed by atoms with van der Waals surface area (Å²) in [6.07, 6.45) is 1.93. The molecule has 0 radical (unpaired) electrons. The van der Waals surface area contributed by atoms with E-state index in [-0.39, 0.29) is 11.9 Å². The summed E-state index contributed by atoms with van der Waals surface area (Å²) in [5.41, 5.74) is 1.20. The molecule has 1 saturated carbocycles. The van der Waals surface area contributed by atoms with Crippen molar-refractivity contribution >= 4 is 23.0 Å². The Kier molecular flexibility index (Phi) is 4.49. The van der Waals surface area contributed by atoms with E-state index in [0.717, 1.165) is 22.0 Å². The Morgan fingerprint density at radius 2 is 1.69 bits per heavy atom. The minimum atomic E-state index is -0.803. The van der Waals surface area contributed by atoms with E-state index in [0.29, 0.717) is 6.42 Å². The number of aromatic nitrogens is 1. The van der Waals surface area contributed by atoms with Crippen molar-refractivity contribution in [3.8, 4) is 0 Å². The first-order valence-corrected chi connectivity index (χ1v) is 9.75. The van der Waals surface area contributed by atoms with Crippen LogP contribution in [0.1, 0.15) is 44.2 Å². The molecule has 150 valence electrons. The van der Waals surface area contributed by atoms with Gasteiger partial charge in [0, 0.05) is 17.5 Å². The van der Waals surface area contributed by atoms with Gasteiger partial charge in [-0.15, -0.1) is 0 Å². The van der Waals surface area contributed by atoms with Crippen LogP contribution in [0.15, 0.2) is 60.8 Å². The van der Waals surface area contributed by atoms with Crippen LogP contribution in [-0.2, 0) is 19.7 Å². The Labute approximate surface area is 170 Å². The largest absolute Gasteiger partial charge is 0.468 e. The summed E-state index contributed by atoms with van der Waals surface area (Å²) < 4.78 is 12.3. The highest BCUT2D eigenvalue weighted by atomic mass is 16.6. The fraction of sp³-hybridized carbons (Fsp3) is 0.333. The summed E-state index contributed by atoms with van der Waals surface area (Å²) in [7, 11) is 1.41. The molecule has 0 spiro atoms. The molecule has 0 aliphatic heterocycles. The summed E-state index contributed by atoms with van der Waals surface area (Å²) in [5.74, 6) is -0.271. The number of rotatable bonds is 3. The maximum atomic E-state index is 13.0. The lowest BCUT2D eigenvalue weighted by Gasteiger charge is -2.19.